The van der Waals surface area contributed by atoms with Gasteiger partial charge in [-0.3, -0.25) is 0 Å². The van der Waals surface area contributed by atoms with Gasteiger partial charge in [-0.25, -0.2) is 9.18 Å². The minimum absolute atomic E-state index is 0.319. The van der Waals surface area contributed by atoms with Crippen LogP contribution in [0.5, 0.6) is 0 Å². The average molecular weight is 180 g/mol. The standard InChI is InChI=1S/C10H9FO2/c1-3-7-5-8(10(12)13)9(11)4-6(7)2/h3-5H,1H2,2H3,(H,12,13). The van der Waals surface area contributed by atoms with Crippen molar-refractivity contribution >= 4 is 12.0 Å². The molecule has 1 rings (SSSR count). The van der Waals surface area contributed by atoms with Crippen molar-refractivity contribution in [1.29, 1.82) is 0 Å². The number of aromatic carboxylic acids is 1. The predicted molar refractivity (Wildman–Crippen MR) is 48.2 cm³/mol. The molecule has 0 spiro atoms. The summed E-state index contributed by atoms with van der Waals surface area (Å²) in [6.45, 7) is 5.21. The number of carboxylic acid groups (broad SMARTS) is 1. The highest BCUT2D eigenvalue weighted by atomic mass is 19.1. The summed E-state index contributed by atoms with van der Waals surface area (Å²) in [6, 6.07) is 2.47. The third-order valence-corrected chi connectivity index (χ3v) is 1.81. The van der Waals surface area contributed by atoms with Crippen LogP contribution in [0.2, 0.25) is 0 Å². The molecule has 0 saturated carbocycles. The van der Waals surface area contributed by atoms with Gasteiger partial charge in [0.1, 0.15) is 5.82 Å². The molecule has 0 aromatic heterocycles. The molecule has 0 saturated heterocycles. The molecule has 0 aliphatic rings. The third kappa shape index (κ3) is 1.75. The van der Waals surface area contributed by atoms with Gasteiger partial charge in [0.2, 0.25) is 0 Å². The minimum atomic E-state index is -1.26. The molecule has 2 nitrogen and oxygen atoms in total. The van der Waals surface area contributed by atoms with Crippen molar-refractivity contribution in [3.8, 4) is 0 Å². The van der Waals surface area contributed by atoms with Crippen LogP contribution in [0.15, 0.2) is 18.7 Å². The number of hydrogen-bond acceptors (Lipinski definition) is 1. The van der Waals surface area contributed by atoms with E-state index in [9.17, 15) is 9.18 Å². The van der Waals surface area contributed by atoms with E-state index < -0.39 is 11.8 Å². The largest absolute Gasteiger partial charge is 0.478 e. The van der Waals surface area contributed by atoms with Crippen molar-refractivity contribution < 1.29 is 14.3 Å². The molecule has 0 atom stereocenters. The van der Waals surface area contributed by atoms with Gasteiger partial charge in [-0.05, 0) is 30.2 Å². The van der Waals surface area contributed by atoms with E-state index in [1.165, 1.54) is 18.2 Å². The number of carbonyl (C=O) groups is 1. The molecule has 13 heavy (non-hydrogen) atoms. The number of aryl methyl sites for hydroxylation is 1. The second-order valence-electron chi connectivity index (χ2n) is 2.70. The molecule has 0 amide bonds. The van der Waals surface area contributed by atoms with E-state index >= 15 is 0 Å². The molecule has 3 heteroatoms. The Kier molecular flexibility index (Phi) is 2.46. The van der Waals surface area contributed by atoms with Crippen LogP contribution in [0.1, 0.15) is 21.5 Å². The van der Waals surface area contributed by atoms with Crippen LogP contribution >= 0.6 is 0 Å². The number of hydrogen-bond donors (Lipinski definition) is 1. The topological polar surface area (TPSA) is 37.3 Å². The van der Waals surface area contributed by atoms with Crippen molar-refractivity contribution in [3.05, 3.63) is 41.2 Å². The summed E-state index contributed by atoms with van der Waals surface area (Å²) in [5, 5.41) is 8.60. The predicted octanol–water partition coefficient (Wildman–Crippen LogP) is 2.48. The number of carboxylic acids is 1. The Morgan fingerprint density at radius 2 is 2.23 bits per heavy atom. The molecule has 1 aromatic rings. The summed E-state index contributed by atoms with van der Waals surface area (Å²) in [6.07, 6.45) is 1.50. The average Bonchev–Trinajstić information content (AvgIpc) is 2.03. The van der Waals surface area contributed by atoms with Crippen LogP contribution in [0, 0.1) is 12.7 Å². The van der Waals surface area contributed by atoms with E-state index in [4.69, 9.17) is 5.11 Å². The molecule has 0 bridgehead atoms. The van der Waals surface area contributed by atoms with Gasteiger partial charge in [-0.15, -0.1) is 0 Å². The lowest BCUT2D eigenvalue weighted by atomic mass is 10.0. The first-order valence-corrected chi connectivity index (χ1v) is 3.72. The fourth-order valence-electron chi connectivity index (χ4n) is 1.07. The molecule has 68 valence electrons. The Hall–Kier alpha value is -1.64. The molecule has 0 heterocycles. The molecule has 1 aromatic carbocycles. The Morgan fingerprint density at radius 1 is 1.62 bits per heavy atom. The Bertz CT molecular complexity index is 369. The monoisotopic (exact) mass is 180 g/mol. The van der Waals surface area contributed by atoms with Crippen LogP contribution in [0.25, 0.3) is 6.08 Å². The summed E-state index contributed by atoms with van der Waals surface area (Å²) in [5.41, 5.74) is 0.997. The lowest BCUT2D eigenvalue weighted by Crippen LogP contribution is -2.01. The number of rotatable bonds is 2. The van der Waals surface area contributed by atoms with Crippen molar-refractivity contribution in [2.75, 3.05) is 0 Å². The Morgan fingerprint density at radius 3 is 2.69 bits per heavy atom. The normalized spacial score (nSPS) is 9.69. The van der Waals surface area contributed by atoms with E-state index in [0.717, 1.165) is 0 Å². The molecule has 0 aliphatic heterocycles. The van der Waals surface area contributed by atoms with Crippen molar-refractivity contribution in [1.82, 2.24) is 0 Å². The number of benzene rings is 1. The smallest absolute Gasteiger partial charge is 0.338 e. The highest BCUT2D eigenvalue weighted by Gasteiger charge is 2.11. The summed E-state index contributed by atoms with van der Waals surface area (Å²) < 4.78 is 13.0. The first-order valence-electron chi connectivity index (χ1n) is 3.72. The summed E-state index contributed by atoms with van der Waals surface area (Å²) in [4.78, 5) is 10.5. The molecule has 0 unspecified atom stereocenters. The first-order chi connectivity index (χ1) is 6.06. The van der Waals surface area contributed by atoms with Gasteiger partial charge < -0.3 is 5.11 Å². The lowest BCUT2D eigenvalue weighted by molar-refractivity contribution is 0.0692. The molecule has 0 radical (unpaired) electrons. The molecular weight excluding hydrogens is 171 g/mol. The summed E-state index contributed by atoms with van der Waals surface area (Å²) in [7, 11) is 0. The van der Waals surface area contributed by atoms with Crippen LogP contribution in [-0.4, -0.2) is 11.1 Å². The van der Waals surface area contributed by atoms with Crippen molar-refractivity contribution in [2.24, 2.45) is 0 Å². The maximum absolute atomic E-state index is 13.0. The quantitative estimate of drug-likeness (QED) is 0.759. The Balaban J connectivity index is 3.38. The van der Waals surface area contributed by atoms with E-state index in [0.29, 0.717) is 11.1 Å². The van der Waals surface area contributed by atoms with Gasteiger partial charge in [0.25, 0.3) is 0 Å². The SMILES string of the molecule is C=Cc1cc(C(=O)O)c(F)cc1C. The minimum Gasteiger partial charge on any atom is -0.478 e. The zero-order chi connectivity index (χ0) is 10.0. The first kappa shape index (κ1) is 9.45. The maximum Gasteiger partial charge on any atom is 0.338 e. The van der Waals surface area contributed by atoms with Gasteiger partial charge in [0.15, 0.2) is 0 Å². The zero-order valence-electron chi connectivity index (χ0n) is 7.17. The van der Waals surface area contributed by atoms with Gasteiger partial charge in [0, 0.05) is 0 Å². The second kappa shape index (κ2) is 3.39. The fourth-order valence-corrected chi connectivity index (χ4v) is 1.07. The molecule has 1 N–H and O–H groups in total. The van der Waals surface area contributed by atoms with Crippen LogP contribution in [0.4, 0.5) is 4.39 Å². The molecule has 0 fully saturated rings. The van der Waals surface area contributed by atoms with Crippen LogP contribution in [0.3, 0.4) is 0 Å². The highest BCUT2D eigenvalue weighted by molar-refractivity contribution is 5.88. The van der Waals surface area contributed by atoms with E-state index in [-0.39, 0.29) is 5.56 Å². The lowest BCUT2D eigenvalue weighted by Gasteiger charge is -2.03. The van der Waals surface area contributed by atoms with Crippen molar-refractivity contribution in [2.45, 2.75) is 6.92 Å². The summed E-state index contributed by atoms with van der Waals surface area (Å²) >= 11 is 0. The zero-order valence-corrected chi connectivity index (χ0v) is 7.17. The summed E-state index contributed by atoms with van der Waals surface area (Å²) in [5.74, 6) is -1.98. The van der Waals surface area contributed by atoms with Gasteiger partial charge in [0.05, 0.1) is 5.56 Å². The van der Waals surface area contributed by atoms with Gasteiger partial charge >= 0.3 is 5.97 Å². The van der Waals surface area contributed by atoms with Gasteiger partial charge in [-0.1, -0.05) is 12.7 Å². The van der Waals surface area contributed by atoms with Gasteiger partial charge in [-0.2, -0.15) is 0 Å². The van der Waals surface area contributed by atoms with Crippen LogP contribution < -0.4 is 0 Å². The van der Waals surface area contributed by atoms with E-state index in [2.05, 4.69) is 6.58 Å². The highest BCUT2D eigenvalue weighted by Crippen LogP contribution is 2.16. The molecular formula is C10H9FO2. The maximum atomic E-state index is 13.0. The van der Waals surface area contributed by atoms with Crippen LogP contribution in [-0.2, 0) is 0 Å². The molecule has 0 aliphatic carbocycles. The third-order valence-electron chi connectivity index (χ3n) is 1.81. The second-order valence-corrected chi connectivity index (χ2v) is 2.70. The van der Waals surface area contributed by atoms with E-state index in [1.807, 2.05) is 0 Å². The Labute approximate surface area is 75.3 Å². The number of halogens is 1. The van der Waals surface area contributed by atoms with Crippen molar-refractivity contribution in [3.63, 3.8) is 0 Å². The van der Waals surface area contributed by atoms with E-state index in [1.54, 1.807) is 6.92 Å². The fraction of sp³-hybridized carbons (Fsp3) is 0.100.